The summed E-state index contributed by atoms with van der Waals surface area (Å²) in [4.78, 5) is 2.62. The highest BCUT2D eigenvalue weighted by atomic mass is 35.5. The molecule has 1 aromatic rings. The molecule has 0 fully saturated rings. The van der Waals surface area contributed by atoms with Crippen LogP contribution in [-0.2, 0) is 0 Å². The third kappa shape index (κ3) is 3.17. The van der Waals surface area contributed by atoms with Crippen LogP contribution in [0.2, 0.25) is 5.02 Å². The highest BCUT2D eigenvalue weighted by Gasteiger charge is 2.00. The molecule has 0 aliphatic carbocycles. The first-order valence-electron chi connectivity index (χ1n) is 4.14. The second-order valence-electron chi connectivity index (χ2n) is 2.74. The predicted molar refractivity (Wildman–Crippen MR) is 55.7 cm³/mol. The molecule has 74 valence electrons. The molecule has 1 aromatic carbocycles. The Morgan fingerprint density at radius 1 is 1.57 bits per heavy atom. The lowest BCUT2D eigenvalue weighted by molar-refractivity contribution is 0.328. The second kappa shape index (κ2) is 5.37. The van der Waals surface area contributed by atoms with Gasteiger partial charge in [-0.05, 0) is 30.2 Å². The van der Waals surface area contributed by atoms with Gasteiger partial charge in [0.25, 0.3) is 0 Å². The lowest BCUT2D eigenvalue weighted by Crippen LogP contribution is -2.00. The maximum atomic E-state index is 8.04. The van der Waals surface area contributed by atoms with E-state index in [1.54, 1.807) is 6.07 Å². The summed E-state index contributed by atoms with van der Waals surface area (Å²) in [5.41, 5.74) is 9.12. The van der Waals surface area contributed by atoms with Crippen LogP contribution in [0.1, 0.15) is 5.56 Å². The van der Waals surface area contributed by atoms with E-state index in [4.69, 9.17) is 21.9 Å². The molecule has 0 unspecified atom stereocenters. The standard InChI is InChI=1S/C9H10ClN3O/c1-7-2-3-8(10)9(6-7)14-5-4-12-13-11/h2-3,6H,4-5H2,1H3. The van der Waals surface area contributed by atoms with Gasteiger partial charge >= 0.3 is 0 Å². The van der Waals surface area contributed by atoms with Crippen molar-refractivity contribution < 1.29 is 4.74 Å². The monoisotopic (exact) mass is 211 g/mol. The Morgan fingerprint density at radius 3 is 3.07 bits per heavy atom. The number of halogens is 1. The number of rotatable bonds is 4. The van der Waals surface area contributed by atoms with Gasteiger partial charge in [0.1, 0.15) is 5.75 Å². The molecule has 0 aliphatic rings. The minimum atomic E-state index is 0.306. The van der Waals surface area contributed by atoms with E-state index in [-0.39, 0.29) is 0 Å². The van der Waals surface area contributed by atoms with E-state index in [0.29, 0.717) is 23.9 Å². The quantitative estimate of drug-likeness (QED) is 0.326. The predicted octanol–water partition coefficient (Wildman–Crippen LogP) is 3.34. The Kier molecular flexibility index (Phi) is 4.11. The summed E-state index contributed by atoms with van der Waals surface area (Å²) in [6.45, 7) is 2.60. The highest BCUT2D eigenvalue weighted by molar-refractivity contribution is 6.32. The van der Waals surface area contributed by atoms with E-state index in [0.717, 1.165) is 5.56 Å². The summed E-state index contributed by atoms with van der Waals surface area (Å²) in [6.07, 6.45) is 0. The van der Waals surface area contributed by atoms with Gasteiger partial charge < -0.3 is 4.74 Å². The fraction of sp³-hybridized carbons (Fsp3) is 0.333. The number of aryl methyl sites for hydroxylation is 1. The highest BCUT2D eigenvalue weighted by Crippen LogP contribution is 2.24. The molecule has 0 aromatic heterocycles. The van der Waals surface area contributed by atoms with Crippen LogP contribution in [0.4, 0.5) is 0 Å². The zero-order valence-electron chi connectivity index (χ0n) is 7.77. The summed E-state index contributed by atoms with van der Waals surface area (Å²) in [5.74, 6) is 0.625. The smallest absolute Gasteiger partial charge is 0.138 e. The van der Waals surface area contributed by atoms with Crippen LogP contribution in [0.3, 0.4) is 0 Å². The van der Waals surface area contributed by atoms with Gasteiger partial charge in [0.2, 0.25) is 0 Å². The summed E-state index contributed by atoms with van der Waals surface area (Å²) >= 11 is 5.88. The number of nitrogens with zero attached hydrogens (tertiary/aromatic N) is 3. The van der Waals surface area contributed by atoms with Crippen molar-refractivity contribution in [2.45, 2.75) is 6.92 Å². The van der Waals surface area contributed by atoms with E-state index in [1.165, 1.54) is 0 Å². The first kappa shape index (κ1) is 10.7. The molecular weight excluding hydrogens is 202 g/mol. The normalized spacial score (nSPS) is 9.29. The average Bonchev–Trinajstić information content (AvgIpc) is 2.18. The number of hydrogen-bond acceptors (Lipinski definition) is 2. The van der Waals surface area contributed by atoms with Gasteiger partial charge in [-0.15, -0.1) is 0 Å². The minimum Gasteiger partial charge on any atom is -0.492 e. The van der Waals surface area contributed by atoms with Crippen LogP contribution >= 0.6 is 11.6 Å². The maximum absolute atomic E-state index is 8.04. The van der Waals surface area contributed by atoms with Crippen molar-refractivity contribution in [1.29, 1.82) is 0 Å². The molecule has 14 heavy (non-hydrogen) atoms. The molecular formula is C9H10ClN3O. The Labute approximate surface area is 87.1 Å². The summed E-state index contributed by atoms with van der Waals surface area (Å²) < 4.78 is 5.32. The van der Waals surface area contributed by atoms with Gasteiger partial charge in [-0.1, -0.05) is 22.8 Å². The number of azide groups is 1. The van der Waals surface area contributed by atoms with Crippen molar-refractivity contribution in [3.8, 4) is 5.75 Å². The van der Waals surface area contributed by atoms with Crippen molar-refractivity contribution >= 4 is 11.6 Å². The topological polar surface area (TPSA) is 58.0 Å². The van der Waals surface area contributed by atoms with E-state index in [1.807, 2.05) is 19.1 Å². The second-order valence-corrected chi connectivity index (χ2v) is 3.14. The molecule has 1 rings (SSSR count). The Balaban J connectivity index is 2.57. The molecule has 0 saturated carbocycles. The van der Waals surface area contributed by atoms with Gasteiger partial charge in [0, 0.05) is 4.91 Å². The van der Waals surface area contributed by atoms with E-state index in [2.05, 4.69) is 10.0 Å². The van der Waals surface area contributed by atoms with Crippen LogP contribution in [0.5, 0.6) is 5.75 Å². The summed E-state index contributed by atoms with van der Waals surface area (Å²) in [5, 5.41) is 3.92. The van der Waals surface area contributed by atoms with Crippen LogP contribution in [0, 0.1) is 6.92 Å². The van der Waals surface area contributed by atoms with E-state index >= 15 is 0 Å². The molecule has 0 N–H and O–H groups in total. The summed E-state index contributed by atoms with van der Waals surface area (Å²) in [7, 11) is 0. The minimum absolute atomic E-state index is 0.306. The molecule has 0 heterocycles. The van der Waals surface area contributed by atoms with Gasteiger partial charge in [-0.3, -0.25) is 0 Å². The molecule has 0 spiro atoms. The Hall–Kier alpha value is -1.38. The SMILES string of the molecule is Cc1ccc(Cl)c(OCCN=[N+]=[N-])c1. The Bertz CT molecular complexity index is 361. The largest absolute Gasteiger partial charge is 0.492 e. The molecule has 0 atom stereocenters. The van der Waals surface area contributed by atoms with Crippen LogP contribution < -0.4 is 4.74 Å². The third-order valence-corrected chi connectivity index (χ3v) is 1.91. The van der Waals surface area contributed by atoms with Gasteiger partial charge in [0.15, 0.2) is 0 Å². The van der Waals surface area contributed by atoms with Gasteiger partial charge in [0.05, 0.1) is 18.2 Å². The molecule has 0 saturated heterocycles. The zero-order chi connectivity index (χ0) is 10.4. The fourth-order valence-electron chi connectivity index (χ4n) is 0.962. The van der Waals surface area contributed by atoms with Crippen molar-refractivity contribution in [3.63, 3.8) is 0 Å². The molecule has 4 nitrogen and oxygen atoms in total. The molecule has 0 bridgehead atoms. The lowest BCUT2D eigenvalue weighted by atomic mass is 10.2. The fourth-order valence-corrected chi connectivity index (χ4v) is 1.13. The molecule has 0 amide bonds. The van der Waals surface area contributed by atoms with Gasteiger partial charge in [-0.2, -0.15) is 0 Å². The number of hydrogen-bond donors (Lipinski definition) is 0. The third-order valence-electron chi connectivity index (χ3n) is 1.60. The first-order chi connectivity index (χ1) is 6.74. The first-order valence-corrected chi connectivity index (χ1v) is 4.51. The van der Waals surface area contributed by atoms with Crippen molar-refractivity contribution in [3.05, 3.63) is 39.2 Å². The lowest BCUT2D eigenvalue weighted by Gasteiger charge is -2.06. The number of ether oxygens (including phenoxy) is 1. The number of benzene rings is 1. The molecule has 0 radical (unpaired) electrons. The van der Waals surface area contributed by atoms with E-state index in [9.17, 15) is 0 Å². The van der Waals surface area contributed by atoms with Crippen LogP contribution in [0.15, 0.2) is 23.3 Å². The maximum Gasteiger partial charge on any atom is 0.138 e. The van der Waals surface area contributed by atoms with Crippen molar-refractivity contribution in [2.75, 3.05) is 13.2 Å². The molecule has 5 heteroatoms. The van der Waals surface area contributed by atoms with Crippen molar-refractivity contribution in [2.24, 2.45) is 5.11 Å². The van der Waals surface area contributed by atoms with Crippen LogP contribution in [0.25, 0.3) is 10.4 Å². The van der Waals surface area contributed by atoms with Gasteiger partial charge in [-0.25, -0.2) is 0 Å². The summed E-state index contributed by atoms with van der Waals surface area (Å²) in [6, 6.07) is 5.53. The average molecular weight is 212 g/mol. The van der Waals surface area contributed by atoms with Crippen molar-refractivity contribution in [1.82, 2.24) is 0 Å². The van der Waals surface area contributed by atoms with E-state index < -0.39 is 0 Å². The van der Waals surface area contributed by atoms with Crippen LogP contribution in [-0.4, -0.2) is 13.2 Å². The molecule has 0 aliphatic heterocycles. The Morgan fingerprint density at radius 2 is 2.36 bits per heavy atom. The zero-order valence-corrected chi connectivity index (χ0v) is 8.53.